The first-order valence-electron chi connectivity index (χ1n) is 6.10. The second-order valence-electron chi connectivity index (χ2n) is 4.91. The van der Waals surface area contributed by atoms with E-state index in [-0.39, 0.29) is 17.5 Å². The number of carbonyl (C=O) groups excluding carboxylic acids is 1. The minimum absolute atomic E-state index is 0.129. The number of hydrogen-bond acceptors (Lipinski definition) is 4. The lowest BCUT2D eigenvalue weighted by Crippen LogP contribution is -2.41. The topological polar surface area (TPSA) is 75.4 Å². The average molecular weight is 273 g/mol. The van der Waals surface area contributed by atoms with Gasteiger partial charge in [-0.3, -0.25) is 4.79 Å². The molecule has 0 unspecified atom stereocenters. The van der Waals surface area contributed by atoms with Crippen LogP contribution in [0.3, 0.4) is 0 Å². The van der Waals surface area contributed by atoms with E-state index >= 15 is 0 Å². The van der Waals surface area contributed by atoms with Gasteiger partial charge in [-0.2, -0.15) is 0 Å². The summed E-state index contributed by atoms with van der Waals surface area (Å²) in [6.45, 7) is 2.04. The van der Waals surface area contributed by atoms with Crippen molar-refractivity contribution in [2.75, 3.05) is 6.54 Å². The Bertz CT molecular complexity index is 419. The van der Waals surface area contributed by atoms with Crippen molar-refractivity contribution in [3.05, 3.63) is 16.5 Å². The molecule has 0 aromatic carbocycles. The summed E-state index contributed by atoms with van der Waals surface area (Å²) in [6, 6.07) is 0. The molecule has 1 aromatic heterocycles. The SMILES string of the molecule is Cc1noc(Cl)c1CC(=O)NCC1(O)CCCC1. The standard InChI is InChI=1S/C12H17ClN2O3/c1-8-9(11(13)18-15-8)6-10(16)14-7-12(17)4-2-3-5-12/h17H,2-7H2,1H3,(H,14,16). The summed E-state index contributed by atoms with van der Waals surface area (Å²) in [5.74, 6) is -0.177. The largest absolute Gasteiger partial charge is 0.388 e. The Morgan fingerprint density at radius 2 is 2.22 bits per heavy atom. The molecule has 6 heteroatoms. The van der Waals surface area contributed by atoms with Crippen molar-refractivity contribution in [2.45, 2.75) is 44.6 Å². The normalized spacial score (nSPS) is 17.9. The lowest BCUT2D eigenvalue weighted by atomic mass is 10.0. The van der Waals surface area contributed by atoms with Crippen LogP contribution in [0, 0.1) is 6.92 Å². The highest BCUT2D eigenvalue weighted by molar-refractivity contribution is 6.29. The molecule has 0 radical (unpaired) electrons. The van der Waals surface area contributed by atoms with E-state index in [9.17, 15) is 9.90 Å². The Balaban J connectivity index is 1.86. The van der Waals surface area contributed by atoms with Crippen molar-refractivity contribution >= 4 is 17.5 Å². The quantitative estimate of drug-likeness (QED) is 0.873. The molecule has 100 valence electrons. The van der Waals surface area contributed by atoms with Crippen LogP contribution in [-0.4, -0.2) is 28.3 Å². The Labute approximate surface area is 110 Å². The van der Waals surface area contributed by atoms with E-state index in [1.54, 1.807) is 6.92 Å². The van der Waals surface area contributed by atoms with Crippen LogP contribution >= 0.6 is 11.6 Å². The van der Waals surface area contributed by atoms with E-state index in [1.807, 2.05) is 0 Å². The van der Waals surface area contributed by atoms with Crippen molar-refractivity contribution in [1.82, 2.24) is 10.5 Å². The molecule has 1 heterocycles. The number of halogens is 1. The first-order chi connectivity index (χ1) is 8.50. The molecule has 2 rings (SSSR count). The molecule has 1 fully saturated rings. The van der Waals surface area contributed by atoms with Crippen LogP contribution in [0.4, 0.5) is 0 Å². The van der Waals surface area contributed by atoms with Gasteiger partial charge in [-0.25, -0.2) is 0 Å². The summed E-state index contributed by atoms with van der Waals surface area (Å²) in [5, 5.41) is 16.7. The van der Waals surface area contributed by atoms with E-state index in [1.165, 1.54) is 0 Å². The van der Waals surface area contributed by atoms with Gasteiger partial charge in [-0.1, -0.05) is 18.0 Å². The van der Waals surface area contributed by atoms with Gasteiger partial charge in [0.25, 0.3) is 0 Å². The lowest BCUT2D eigenvalue weighted by molar-refractivity contribution is -0.121. The van der Waals surface area contributed by atoms with Crippen molar-refractivity contribution in [2.24, 2.45) is 0 Å². The van der Waals surface area contributed by atoms with Crippen molar-refractivity contribution in [3.63, 3.8) is 0 Å². The number of aromatic nitrogens is 1. The van der Waals surface area contributed by atoms with Crippen LogP contribution < -0.4 is 5.32 Å². The molecule has 0 spiro atoms. The molecule has 1 aliphatic carbocycles. The zero-order valence-corrected chi connectivity index (χ0v) is 11.1. The highest BCUT2D eigenvalue weighted by Gasteiger charge is 2.31. The zero-order valence-electron chi connectivity index (χ0n) is 10.3. The first kappa shape index (κ1) is 13.4. The van der Waals surface area contributed by atoms with Gasteiger partial charge in [0.1, 0.15) is 0 Å². The third-order valence-electron chi connectivity index (χ3n) is 3.42. The van der Waals surface area contributed by atoms with Gasteiger partial charge in [0.05, 0.1) is 17.7 Å². The highest BCUT2D eigenvalue weighted by atomic mass is 35.5. The fraction of sp³-hybridized carbons (Fsp3) is 0.667. The second kappa shape index (κ2) is 5.28. The van der Waals surface area contributed by atoms with Crippen LogP contribution in [0.2, 0.25) is 5.22 Å². The van der Waals surface area contributed by atoms with E-state index in [0.717, 1.165) is 25.7 Å². The maximum atomic E-state index is 11.8. The summed E-state index contributed by atoms with van der Waals surface area (Å²) < 4.78 is 4.78. The van der Waals surface area contributed by atoms with Crippen molar-refractivity contribution < 1.29 is 14.4 Å². The van der Waals surface area contributed by atoms with Gasteiger partial charge in [0.2, 0.25) is 11.1 Å². The number of aryl methyl sites for hydroxylation is 1. The summed E-state index contributed by atoms with van der Waals surface area (Å²) in [5.41, 5.74) is 0.491. The van der Waals surface area contributed by atoms with Crippen LogP contribution in [0.5, 0.6) is 0 Å². The summed E-state index contributed by atoms with van der Waals surface area (Å²) in [7, 11) is 0. The highest BCUT2D eigenvalue weighted by Crippen LogP contribution is 2.28. The molecule has 0 atom stereocenters. The Morgan fingerprint density at radius 3 is 2.78 bits per heavy atom. The monoisotopic (exact) mass is 272 g/mol. The molecule has 1 aromatic rings. The molecule has 1 amide bonds. The Kier molecular flexibility index (Phi) is 3.92. The third kappa shape index (κ3) is 3.03. The number of nitrogens with zero attached hydrogens (tertiary/aromatic N) is 1. The summed E-state index contributed by atoms with van der Waals surface area (Å²) in [4.78, 5) is 11.8. The molecule has 0 aliphatic heterocycles. The minimum atomic E-state index is -0.733. The molecule has 1 aliphatic rings. The Hall–Kier alpha value is -1.07. The Morgan fingerprint density at radius 1 is 1.56 bits per heavy atom. The van der Waals surface area contributed by atoms with Gasteiger partial charge in [-0.05, 0) is 31.4 Å². The summed E-state index contributed by atoms with van der Waals surface area (Å²) in [6.07, 6.45) is 3.66. The third-order valence-corrected chi connectivity index (χ3v) is 3.72. The number of nitrogens with one attached hydrogen (secondary N) is 1. The van der Waals surface area contributed by atoms with E-state index in [4.69, 9.17) is 16.1 Å². The van der Waals surface area contributed by atoms with E-state index in [0.29, 0.717) is 17.8 Å². The van der Waals surface area contributed by atoms with Crippen LogP contribution in [-0.2, 0) is 11.2 Å². The van der Waals surface area contributed by atoms with Gasteiger partial charge in [0, 0.05) is 12.1 Å². The average Bonchev–Trinajstić information content (AvgIpc) is 2.89. The number of amides is 1. The fourth-order valence-electron chi connectivity index (χ4n) is 2.25. The molecule has 0 bridgehead atoms. The number of hydrogen-bond donors (Lipinski definition) is 2. The van der Waals surface area contributed by atoms with Crippen LogP contribution in [0.1, 0.15) is 36.9 Å². The lowest BCUT2D eigenvalue weighted by Gasteiger charge is -2.22. The molecule has 18 heavy (non-hydrogen) atoms. The van der Waals surface area contributed by atoms with Crippen LogP contribution in [0.25, 0.3) is 0 Å². The summed E-state index contributed by atoms with van der Waals surface area (Å²) >= 11 is 5.79. The van der Waals surface area contributed by atoms with Crippen molar-refractivity contribution in [1.29, 1.82) is 0 Å². The number of rotatable bonds is 4. The van der Waals surface area contributed by atoms with Crippen molar-refractivity contribution in [3.8, 4) is 0 Å². The van der Waals surface area contributed by atoms with Crippen LogP contribution in [0.15, 0.2) is 4.52 Å². The predicted molar refractivity (Wildman–Crippen MR) is 66.4 cm³/mol. The number of carbonyl (C=O) groups is 1. The maximum Gasteiger partial charge on any atom is 0.229 e. The van der Waals surface area contributed by atoms with E-state index in [2.05, 4.69) is 10.5 Å². The molecular weight excluding hydrogens is 256 g/mol. The molecule has 0 saturated heterocycles. The van der Waals surface area contributed by atoms with E-state index < -0.39 is 5.60 Å². The number of aliphatic hydroxyl groups is 1. The van der Waals surface area contributed by atoms with Gasteiger partial charge in [0.15, 0.2) is 0 Å². The first-order valence-corrected chi connectivity index (χ1v) is 6.48. The van der Waals surface area contributed by atoms with Gasteiger partial charge >= 0.3 is 0 Å². The zero-order chi connectivity index (χ0) is 13.2. The van der Waals surface area contributed by atoms with Gasteiger partial charge < -0.3 is 14.9 Å². The van der Waals surface area contributed by atoms with Gasteiger partial charge in [-0.15, -0.1) is 0 Å². The fourth-order valence-corrected chi connectivity index (χ4v) is 2.49. The molecule has 5 nitrogen and oxygen atoms in total. The maximum absolute atomic E-state index is 11.8. The predicted octanol–water partition coefficient (Wildman–Crippen LogP) is 1.60. The smallest absolute Gasteiger partial charge is 0.229 e. The molecular formula is C12H17ClN2O3. The second-order valence-corrected chi connectivity index (χ2v) is 5.25. The molecule has 1 saturated carbocycles. The molecule has 2 N–H and O–H groups in total. The minimum Gasteiger partial charge on any atom is -0.388 e.